The molecule has 0 atom stereocenters. The van der Waals surface area contributed by atoms with Gasteiger partial charge in [0.25, 0.3) is 0 Å². The van der Waals surface area contributed by atoms with Gasteiger partial charge in [-0.25, -0.2) is 9.77 Å². The van der Waals surface area contributed by atoms with E-state index in [0.717, 1.165) is 22.4 Å². The van der Waals surface area contributed by atoms with Crippen molar-refractivity contribution in [2.45, 2.75) is 20.1 Å². The van der Waals surface area contributed by atoms with Crippen molar-refractivity contribution in [3.63, 3.8) is 0 Å². The molecule has 0 amide bonds. The zero-order valence-electron chi connectivity index (χ0n) is 17.8. The summed E-state index contributed by atoms with van der Waals surface area (Å²) >= 11 is 11.7. The third-order valence-corrected chi connectivity index (χ3v) is 5.49. The van der Waals surface area contributed by atoms with Gasteiger partial charge in [0, 0.05) is 10.6 Å². The lowest BCUT2D eigenvalue weighted by Crippen LogP contribution is -2.16. The maximum atomic E-state index is 6.26. The van der Waals surface area contributed by atoms with E-state index in [1.54, 1.807) is 11.8 Å². The Bertz CT molecular complexity index is 1270. The molecule has 0 radical (unpaired) electrons. The number of benzene rings is 3. The van der Waals surface area contributed by atoms with Crippen LogP contribution in [0.5, 0.6) is 11.5 Å². The van der Waals surface area contributed by atoms with Crippen molar-refractivity contribution in [1.82, 2.24) is 14.9 Å². The van der Waals surface area contributed by atoms with Crippen molar-refractivity contribution in [2.24, 2.45) is 0 Å². The number of H-pyrrole nitrogens is 1. The summed E-state index contributed by atoms with van der Waals surface area (Å²) in [6.07, 6.45) is 0. The van der Waals surface area contributed by atoms with Crippen molar-refractivity contribution in [1.29, 1.82) is 0 Å². The van der Waals surface area contributed by atoms with Gasteiger partial charge in [0.15, 0.2) is 5.82 Å². The zero-order valence-corrected chi connectivity index (χ0v) is 19.3. The van der Waals surface area contributed by atoms with Crippen molar-refractivity contribution >= 4 is 23.8 Å². The number of methoxy groups -OCH3 is 1. The Morgan fingerprint density at radius 3 is 2.62 bits per heavy atom. The molecule has 0 fully saturated rings. The summed E-state index contributed by atoms with van der Waals surface area (Å²) in [6.45, 7) is 2.96. The van der Waals surface area contributed by atoms with Crippen LogP contribution in [0.4, 0.5) is 0 Å². The predicted octanol–water partition coefficient (Wildman–Crippen LogP) is 5.90. The molecule has 0 aliphatic rings. The number of para-hydroxylation sites is 1. The molecule has 0 saturated heterocycles. The van der Waals surface area contributed by atoms with Gasteiger partial charge in [-0.05, 0) is 55.0 Å². The second-order valence-corrected chi connectivity index (χ2v) is 8.07. The molecule has 0 aliphatic carbocycles. The van der Waals surface area contributed by atoms with Crippen LogP contribution in [-0.2, 0) is 13.2 Å². The van der Waals surface area contributed by atoms with Crippen molar-refractivity contribution in [3.8, 4) is 22.9 Å². The summed E-state index contributed by atoms with van der Waals surface area (Å²) < 4.78 is 13.7. The molecule has 0 bridgehead atoms. The van der Waals surface area contributed by atoms with Crippen LogP contribution >= 0.6 is 23.8 Å². The Kier molecular flexibility index (Phi) is 6.78. The number of halogens is 1. The normalized spacial score (nSPS) is 10.7. The highest BCUT2D eigenvalue weighted by atomic mass is 35.5. The molecule has 32 heavy (non-hydrogen) atoms. The topological polar surface area (TPSA) is 64.1 Å². The van der Waals surface area contributed by atoms with E-state index in [1.807, 2.05) is 42.5 Å². The summed E-state index contributed by atoms with van der Waals surface area (Å²) in [7, 11) is 1.63. The molecule has 3 aromatic carbocycles. The van der Waals surface area contributed by atoms with E-state index in [9.17, 15) is 0 Å². The molecule has 4 aromatic rings. The lowest BCUT2D eigenvalue weighted by molar-refractivity contribution is 0.303. The lowest BCUT2D eigenvalue weighted by atomic mass is 10.1. The van der Waals surface area contributed by atoms with Gasteiger partial charge in [-0.1, -0.05) is 53.6 Å². The molecule has 0 unspecified atom stereocenters. The standard InChI is InChI=1S/C24H23ClN4O2S/c1-16-7-9-17(10-8-16)15-31-21-12-11-19(25)13-18(21)14-26-29-23(27-28-24(29)32)20-5-3-4-6-22(20)30-2/h3-13,26H,14-15H2,1-2H3,(H,28,32). The molecule has 4 rings (SSSR count). The summed E-state index contributed by atoms with van der Waals surface area (Å²) in [5, 5.41) is 7.85. The third kappa shape index (κ3) is 4.95. The van der Waals surface area contributed by atoms with E-state index in [1.165, 1.54) is 5.56 Å². The molecule has 6 nitrogen and oxygen atoms in total. The average Bonchev–Trinajstić information content (AvgIpc) is 3.18. The van der Waals surface area contributed by atoms with Gasteiger partial charge in [-0.3, -0.25) is 0 Å². The van der Waals surface area contributed by atoms with E-state index >= 15 is 0 Å². The fourth-order valence-electron chi connectivity index (χ4n) is 3.29. The van der Waals surface area contributed by atoms with Gasteiger partial charge < -0.3 is 14.9 Å². The van der Waals surface area contributed by atoms with E-state index in [2.05, 4.69) is 46.8 Å². The predicted molar refractivity (Wildman–Crippen MR) is 129 cm³/mol. The quantitative estimate of drug-likeness (QED) is 0.316. The molecular formula is C24H23ClN4O2S. The number of nitrogens with one attached hydrogen (secondary N) is 2. The van der Waals surface area contributed by atoms with Gasteiger partial charge in [-0.15, -0.1) is 0 Å². The van der Waals surface area contributed by atoms with Crippen LogP contribution in [0.2, 0.25) is 5.02 Å². The summed E-state index contributed by atoms with van der Waals surface area (Å²) in [4.78, 5) is 0. The molecule has 8 heteroatoms. The van der Waals surface area contributed by atoms with E-state index < -0.39 is 0 Å². The Labute approximate surface area is 196 Å². The second-order valence-electron chi connectivity index (χ2n) is 7.25. The Balaban J connectivity index is 1.56. The highest BCUT2D eigenvalue weighted by molar-refractivity contribution is 7.71. The van der Waals surface area contributed by atoms with Crippen molar-refractivity contribution < 1.29 is 9.47 Å². The van der Waals surface area contributed by atoms with Gasteiger partial charge in [0.2, 0.25) is 4.77 Å². The van der Waals surface area contributed by atoms with Crippen LogP contribution in [0.25, 0.3) is 11.4 Å². The molecule has 0 saturated carbocycles. The van der Waals surface area contributed by atoms with Crippen LogP contribution in [0, 0.1) is 11.7 Å². The smallest absolute Gasteiger partial charge is 0.214 e. The monoisotopic (exact) mass is 466 g/mol. The number of aromatic nitrogens is 3. The minimum Gasteiger partial charge on any atom is -0.496 e. The van der Waals surface area contributed by atoms with Crippen LogP contribution in [0.1, 0.15) is 16.7 Å². The first kappa shape index (κ1) is 21.9. The highest BCUT2D eigenvalue weighted by Gasteiger charge is 2.14. The number of ether oxygens (including phenoxy) is 2. The van der Waals surface area contributed by atoms with Crippen LogP contribution in [0.3, 0.4) is 0 Å². The number of nitrogens with zero attached hydrogens (tertiary/aromatic N) is 2. The minimum absolute atomic E-state index is 0.430. The highest BCUT2D eigenvalue weighted by Crippen LogP contribution is 2.28. The Morgan fingerprint density at radius 2 is 1.84 bits per heavy atom. The Hall–Kier alpha value is -3.29. The summed E-state index contributed by atoms with van der Waals surface area (Å²) in [5.74, 6) is 2.07. The molecule has 2 N–H and O–H groups in total. The van der Waals surface area contributed by atoms with Crippen LogP contribution < -0.4 is 14.9 Å². The number of hydrogen-bond donors (Lipinski definition) is 2. The first-order valence-electron chi connectivity index (χ1n) is 10.1. The van der Waals surface area contributed by atoms with Crippen LogP contribution in [-0.4, -0.2) is 22.0 Å². The second kappa shape index (κ2) is 9.89. The maximum absolute atomic E-state index is 6.26. The largest absolute Gasteiger partial charge is 0.496 e. The first-order chi connectivity index (χ1) is 15.5. The molecule has 0 aliphatic heterocycles. The van der Waals surface area contributed by atoms with Crippen molar-refractivity contribution in [2.75, 3.05) is 12.5 Å². The van der Waals surface area contributed by atoms with E-state index in [-0.39, 0.29) is 0 Å². The van der Waals surface area contributed by atoms with E-state index in [4.69, 9.17) is 33.3 Å². The number of rotatable bonds is 8. The number of hydrogen-bond acceptors (Lipinski definition) is 5. The molecular weight excluding hydrogens is 444 g/mol. The molecule has 0 spiro atoms. The summed E-state index contributed by atoms with van der Waals surface area (Å²) in [5.41, 5.74) is 7.36. The van der Waals surface area contributed by atoms with Crippen molar-refractivity contribution in [3.05, 3.63) is 93.2 Å². The average molecular weight is 467 g/mol. The SMILES string of the molecule is COc1ccccc1-c1n[nH]c(=S)n1NCc1cc(Cl)ccc1OCc1ccc(C)cc1. The van der Waals surface area contributed by atoms with Gasteiger partial charge in [-0.2, -0.15) is 5.10 Å². The number of aromatic amines is 1. The van der Waals surface area contributed by atoms with E-state index in [0.29, 0.717) is 34.5 Å². The fourth-order valence-corrected chi connectivity index (χ4v) is 3.68. The van der Waals surface area contributed by atoms with Crippen LogP contribution in [0.15, 0.2) is 66.7 Å². The van der Waals surface area contributed by atoms with Gasteiger partial charge >= 0.3 is 0 Å². The van der Waals surface area contributed by atoms with Gasteiger partial charge in [0.05, 0.1) is 19.2 Å². The Morgan fingerprint density at radius 1 is 1.06 bits per heavy atom. The number of aryl methyl sites for hydroxylation is 1. The molecule has 1 aromatic heterocycles. The molecule has 1 heterocycles. The first-order valence-corrected chi connectivity index (χ1v) is 10.8. The van der Waals surface area contributed by atoms with Gasteiger partial charge in [0.1, 0.15) is 18.1 Å². The third-order valence-electron chi connectivity index (χ3n) is 4.99. The maximum Gasteiger partial charge on any atom is 0.214 e. The summed E-state index contributed by atoms with van der Waals surface area (Å²) in [6, 6.07) is 21.5. The lowest BCUT2D eigenvalue weighted by Gasteiger charge is -2.15. The minimum atomic E-state index is 0.430. The zero-order chi connectivity index (χ0) is 22.5. The fraction of sp³-hybridized carbons (Fsp3) is 0.167. The molecule has 164 valence electrons.